The maximum Gasteiger partial charge on any atom is 0.136 e. The van der Waals surface area contributed by atoms with Crippen LogP contribution in [-0.4, -0.2) is 53.9 Å². The van der Waals surface area contributed by atoms with Gasteiger partial charge in [-0.2, -0.15) is 0 Å². The van der Waals surface area contributed by atoms with Gasteiger partial charge in [0, 0.05) is 26.4 Å². The number of unbranched alkanes of at least 4 members (excludes halogenated alkanes) is 2. The standard InChI is InChI=1S/C32H42O6/c1-7-10-15-35-29-22-27(30(21-25(29)4)36-16-11-8-2)13-14-28-24-31(37-19-17-33-5)26(12-9-3)23-32(28)38-20-18-34-6/h21-24H,7-8,10-11,15-20H2,1-6H3. The Morgan fingerprint density at radius 1 is 0.553 bits per heavy atom. The van der Waals surface area contributed by atoms with E-state index in [0.29, 0.717) is 56.7 Å². The van der Waals surface area contributed by atoms with Gasteiger partial charge in [-0.25, -0.2) is 0 Å². The molecule has 0 saturated carbocycles. The lowest BCUT2D eigenvalue weighted by atomic mass is 10.1. The zero-order chi connectivity index (χ0) is 27.6. The Labute approximate surface area is 228 Å². The van der Waals surface area contributed by atoms with E-state index in [9.17, 15) is 0 Å². The quantitative estimate of drug-likeness (QED) is 0.194. The van der Waals surface area contributed by atoms with E-state index in [1.807, 2.05) is 31.2 Å². The first kappa shape index (κ1) is 30.9. The van der Waals surface area contributed by atoms with Gasteiger partial charge in [0.1, 0.15) is 36.2 Å². The summed E-state index contributed by atoms with van der Waals surface area (Å²) >= 11 is 0. The summed E-state index contributed by atoms with van der Waals surface area (Å²) in [7, 11) is 3.28. The smallest absolute Gasteiger partial charge is 0.136 e. The highest BCUT2D eigenvalue weighted by Gasteiger charge is 2.12. The number of rotatable bonds is 16. The highest BCUT2D eigenvalue weighted by Crippen LogP contribution is 2.31. The summed E-state index contributed by atoms with van der Waals surface area (Å²) < 4.78 is 34.5. The zero-order valence-corrected chi connectivity index (χ0v) is 23.8. The summed E-state index contributed by atoms with van der Waals surface area (Å²) in [4.78, 5) is 0. The molecule has 0 aliphatic heterocycles. The highest BCUT2D eigenvalue weighted by molar-refractivity contribution is 5.61. The maximum atomic E-state index is 6.11. The molecule has 0 unspecified atom stereocenters. The van der Waals surface area contributed by atoms with Gasteiger partial charge in [-0.3, -0.25) is 0 Å². The third-order valence-corrected chi connectivity index (χ3v) is 5.55. The molecule has 0 saturated heterocycles. The van der Waals surface area contributed by atoms with E-state index in [2.05, 4.69) is 37.5 Å². The number of benzene rings is 2. The second-order valence-corrected chi connectivity index (χ2v) is 8.67. The molecule has 0 spiro atoms. The second-order valence-electron chi connectivity index (χ2n) is 8.67. The molecule has 2 aromatic rings. The van der Waals surface area contributed by atoms with Crippen molar-refractivity contribution in [2.24, 2.45) is 0 Å². The molecule has 0 heterocycles. The molecule has 2 aromatic carbocycles. The molecule has 2 rings (SSSR count). The van der Waals surface area contributed by atoms with Crippen molar-refractivity contribution in [1.29, 1.82) is 0 Å². The normalized spacial score (nSPS) is 10.2. The van der Waals surface area contributed by atoms with Crippen molar-refractivity contribution in [2.75, 3.05) is 53.9 Å². The lowest BCUT2D eigenvalue weighted by Gasteiger charge is -2.14. The molecule has 206 valence electrons. The molecule has 0 N–H and O–H groups in total. The van der Waals surface area contributed by atoms with Crippen molar-refractivity contribution in [3.63, 3.8) is 0 Å². The Balaban J connectivity index is 2.55. The average molecular weight is 523 g/mol. The molecular formula is C32H42O6. The van der Waals surface area contributed by atoms with E-state index in [-0.39, 0.29) is 0 Å². The van der Waals surface area contributed by atoms with Gasteiger partial charge < -0.3 is 28.4 Å². The molecule has 0 bridgehead atoms. The third kappa shape index (κ3) is 10.2. The van der Waals surface area contributed by atoms with Crippen molar-refractivity contribution in [3.8, 4) is 46.7 Å². The summed E-state index contributed by atoms with van der Waals surface area (Å²) in [6.07, 6.45) is 4.10. The van der Waals surface area contributed by atoms with E-state index in [0.717, 1.165) is 53.9 Å². The van der Waals surface area contributed by atoms with Crippen LogP contribution >= 0.6 is 0 Å². The average Bonchev–Trinajstić information content (AvgIpc) is 2.91. The van der Waals surface area contributed by atoms with Crippen LogP contribution in [0, 0.1) is 30.6 Å². The lowest BCUT2D eigenvalue weighted by Crippen LogP contribution is -2.08. The van der Waals surface area contributed by atoms with Gasteiger partial charge in [0.15, 0.2) is 0 Å². The molecule has 0 fully saturated rings. The molecular weight excluding hydrogens is 480 g/mol. The lowest BCUT2D eigenvalue weighted by molar-refractivity contribution is 0.144. The van der Waals surface area contributed by atoms with Crippen LogP contribution in [0.2, 0.25) is 0 Å². The molecule has 6 nitrogen and oxygen atoms in total. The Bertz CT molecular complexity index is 1120. The Kier molecular flexibility index (Phi) is 14.7. The number of hydrogen-bond acceptors (Lipinski definition) is 6. The Morgan fingerprint density at radius 2 is 0.974 bits per heavy atom. The fourth-order valence-electron chi connectivity index (χ4n) is 3.42. The van der Waals surface area contributed by atoms with Crippen molar-refractivity contribution in [3.05, 3.63) is 46.5 Å². The molecule has 0 aliphatic rings. The predicted octanol–water partition coefficient (Wildman–Crippen LogP) is 6.17. The first-order valence-electron chi connectivity index (χ1n) is 13.3. The van der Waals surface area contributed by atoms with Gasteiger partial charge in [0.2, 0.25) is 0 Å². The van der Waals surface area contributed by atoms with E-state index >= 15 is 0 Å². The molecule has 0 amide bonds. The molecule has 0 aromatic heterocycles. The number of ether oxygens (including phenoxy) is 6. The monoisotopic (exact) mass is 522 g/mol. The van der Waals surface area contributed by atoms with Crippen molar-refractivity contribution >= 4 is 0 Å². The molecule has 0 atom stereocenters. The van der Waals surface area contributed by atoms with Crippen LogP contribution in [0.3, 0.4) is 0 Å². The summed E-state index contributed by atoms with van der Waals surface area (Å²) in [6, 6.07) is 7.72. The summed E-state index contributed by atoms with van der Waals surface area (Å²) in [5, 5.41) is 0. The van der Waals surface area contributed by atoms with Crippen LogP contribution in [0.5, 0.6) is 23.0 Å². The van der Waals surface area contributed by atoms with E-state index in [4.69, 9.17) is 28.4 Å². The fourth-order valence-corrected chi connectivity index (χ4v) is 3.42. The van der Waals surface area contributed by atoms with Crippen LogP contribution in [0.25, 0.3) is 0 Å². The van der Waals surface area contributed by atoms with Gasteiger partial charge in [0.25, 0.3) is 0 Å². The minimum absolute atomic E-state index is 0.388. The number of aryl methyl sites for hydroxylation is 1. The molecule has 0 aliphatic carbocycles. The third-order valence-electron chi connectivity index (χ3n) is 5.55. The van der Waals surface area contributed by atoms with Crippen molar-refractivity contribution in [2.45, 2.75) is 53.4 Å². The largest absolute Gasteiger partial charge is 0.493 e. The summed E-state index contributed by atoms with van der Waals surface area (Å²) in [5.41, 5.74) is 3.20. The molecule has 0 radical (unpaired) electrons. The Morgan fingerprint density at radius 3 is 1.45 bits per heavy atom. The Hall–Kier alpha value is -3.32. The van der Waals surface area contributed by atoms with Gasteiger partial charge in [0.05, 0.1) is 43.1 Å². The first-order valence-corrected chi connectivity index (χ1v) is 13.3. The van der Waals surface area contributed by atoms with E-state index in [1.165, 1.54) is 0 Å². The number of hydrogen-bond donors (Lipinski definition) is 0. The van der Waals surface area contributed by atoms with Crippen LogP contribution in [0.15, 0.2) is 24.3 Å². The summed E-state index contributed by atoms with van der Waals surface area (Å²) in [6.45, 7) is 11.1. The van der Waals surface area contributed by atoms with Gasteiger partial charge >= 0.3 is 0 Å². The van der Waals surface area contributed by atoms with Gasteiger partial charge in [-0.15, -0.1) is 5.92 Å². The van der Waals surface area contributed by atoms with E-state index < -0.39 is 0 Å². The van der Waals surface area contributed by atoms with E-state index in [1.54, 1.807) is 21.1 Å². The van der Waals surface area contributed by atoms with Crippen LogP contribution in [0.1, 0.15) is 68.7 Å². The van der Waals surface area contributed by atoms with Gasteiger partial charge in [-0.1, -0.05) is 44.5 Å². The van der Waals surface area contributed by atoms with Crippen molar-refractivity contribution < 1.29 is 28.4 Å². The minimum Gasteiger partial charge on any atom is -0.493 e. The highest BCUT2D eigenvalue weighted by atomic mass is 16.5. The van der Waals surface area contributed by atoms with Crippen molar-refractivity contribution in [1.82, 2.24) is 0 Å². The topological polar surface area (TPSA) is 55.4 Å². The van der Waals surface area contributed by atoms with Crippen LogP contribution < -0.4 is 18.9 Å². The predicted molar refractivity (Wildman–Crippen MR) is 152 cm³/mol. The summed E-state index contributed by atoms with van der Waals surface area (Å²) in [5.74, 6) is 15.5. The minimum atomic E-state index is 0.388. The number of methoxy groups -OCH3 is 2. The SMILES string of the molecule is CC#Cc1cc(OCCOC)c(C#Cc2cc(OCCCC)c(C)cc2OCCCC)cc1OCCOC. The van der Waals surface area contributed by atoms with Gasteiger partial charge in [-0.05, 0) is 44.4 Å². The second kappa shape index (κ2) is 18.0. The molecule has 38 heavy (non-hydrogen) atoms. The molecule has 6 heteroatoms. The zero-order valence-electron chi connectivity index (χ0n) is 23.8. The maximum absolute atomic E-state index is 6.11. The first-order chi connectivity index (χ1) is 18.6. The van der Waals surface area contributed by atoms with Crippen LogP contribution in [0.4, 0.5) is 0 Å². The fraction of sp³-hybridized carbons (Fsp3) is 0.500. The van der Waals surface area contributed by atoms with Crippen LogP contribution in [-0.2, 0) is 9.47 Å².